The van der Waals surface area contributed by atoms with E-state index in [4.69, 9.17) is 6.57 Å². The van der Waals surface area contributed by atoms with Gasteiger partial charge in [0, 0.05) is 18.8 Å². The van der Waals surface area contributed by atoms with Gasteiger partial charge in [0.15, 0.2) is 5.69 Å². The van der Waals surface area contributed by atoms with E-state index in [1.165, 1.54) is 11.3 Å². The summed E-state index contributed by atoms with van der Waals surface area (Å²) in [5, 5.41) is 9.58. The van der Waals surface area contributed by atoms with Crippen LogP contribution >= 0.6 is 0 Å². The Bertz CT molecular complexity index is 1080. The van der Waals surface area contributed by atoms with Gasteiger partial charge in [-0.3, -0.25) is 0 Å². The Balaban J connectivity index is 1.73. The first-order valence-corrected chi connectivity index (χ1v) is 9.33. The van der Waals surface area contributed by atoms with Crippen LogP contribution in [0.4, 0.5) is 11.4 Å². The molecule has 0 unspecified atom stereocenters. The van der Waals surface area contributed by atoms with Gasteiger partial charge in [-0.15, -0.1) is 0 Å². The molecule has 1 aliphatic rings. The van der Waals surface area contributed by atoms with Crippen molar-refractivity contribution >= 4 is 17.3 Å². The largest absolute Gasteiger partial charge is 0.478 e. The summed E-state index contributed by atoms with van der Waals surface area (Å²) in [7, 11) is 0. The molecule has 1 aliphatic heterocycles. The average molecular weight is 368 g/mol. The fraction of sp³-hybridized carbons (Fsp3) is 0.167. The minimum absolute atomic E-state index is 0.315. The number of nitrogens with zero attached hydrogens (tertiary/aromatic N) is 2. The molecule has 4 nitrogen and oxygen atoms in total. The van der Waals surface area contributed by atoms with Crippen LogP contribution in [0.5, 0.6) is 0 Å². The standard InChI is InChI=1S/C24H20N2O2/c1-25-19-12-13-23-17(15-19)8-6-14-26(23)16-18-7-2-3-9-20(18)21-10-4-5-11-22(21)24(27)28/h2-5,7,9-13,15H,6,8,14,16H2,(H,27,28). The van der Waals surface area contributed by atoms with Crippen molar-refractivity contribution in [2.45, 2.75) is 19.4 Å². The van der Waals surface area contributed by atoms with Crippen molar-refractivity contribution in [1.29, 1.82) is 0 Å². The number of hydrogen-bond donors (Lipinski definition) is 1. The molecule has 0 radical (unpaired) electrons. The van der Waals surface area contributed by atoms with E-state index in [9.17, 15) is 9.90 Å². The number of hydrogen-bond acceptors (Lipinski definition) is 2. The van der Waals surface area contributed by atoms with Crippen molar-refractivity contribution in [3.8, 4) is 11.1 Å². The molecule has 3 aromatic carbocycles. The third-order valence-electron chi connectivity index (χ3n) is 5.23. The van der Waals surface area contributed by atoms with Gasteiger partial charge in [-0.1, -0.05) is 54.6 Å². The maximum Gasteiger partial charge on any atom is 0.336 e. The molecule has 138 valence electrons. The van der Waals surface area contributed by atoms with Crippen molar-refractivity contribution in [1.82, 2.24) is 0 Å². The molecule has 0 saturated carbocycles. The topological polar surface area (TPSA) is 44.9 Å². The van der Waals surface area contributed by atoms with Gasteiger partial charge in [0.25, 0.3) is 0 Å². The molecule has 0 bridgehead atoms. The fourth-order valence-electron chi connectivity index (χ4n) is 3.93. The predicted molar refractivity (Wildman–Crippen MR) is 111 cm³/mol. The average Bonchev–Trinajstić information content (AvgIpc) is 2.74. The van der Waals surface area contributed by atoms with Gasteiger partial charge in [0.05, 0.1) is 12.1 Å². The summed E-state index contributed by atoms with van der Waals surface area (Å²) >= 11 is 0. The van der Waals surface area contributed by atoms with E-state index in [0.29, 0.717) is 17.8 Å². The highest BCUT2D eigenvalue weighted by Crippen LogP contribution is 2.34. The molecule has 4 heteroatoms. The maximum absolute atomic E-state index is 11.7. The smallest absolute Gasteiger partial charge is 0.336 e. The number of carboxylic acid groups (broad SMARTS) is 1. The van der Waals surface area contributed by atoms with E-state index < -0.39 is 5.97 Å². The second kappa shape index (κ2) is 7.58. The Morgan fingerprint density at radius 2 is 1.79 bits per heavy atom. The Morgan fingerprint density at radius 3 is 2.57 bits per heavy atom. The molecule has 1 N–H and O–H groups in total. The monoisotopic (exact) mass is 368 g/mol. The molecule has 0 saturated heterocycles. The molecule has 0 aliphatic carbocycles. The zero-order valence-electron chi connectivity index (χ0n) is 15.4. The summed E-state index contributed by atoms with van der Waals surface area (Å²) in [6.45, 7) is 8.88. The first-order chi connectivity index (χ1) is 13.7. The van der Waals surface area contributed by atoms with E-state index >= 15 is 0 Å². The molecule has 1 heterocycles. The third kappa shape index (κ3) is 3.35. The first-order valence-electron chi connectivity index (χ1n) is 9.33. The van der Waals surface area contributed by atoms with E-state index in [-0.39, 0.29) is 0 Å². The number of carboxylic acids is 1. The quantitative estimate of drug-likeness (QED) is 0.614. The van der Waals surface area contributed by atoms with Crippen molar-refractivity contribution < 1.29 is 9.90 Å². The zero-order chi connectivity index (χ0) is 19.5. The highest BCUT2D eigenvalue weighted by atomic mass is 16.4. The Hall–Kier alpha value is -3.58. The van der Waals surface area contributed by atoms with Crippen LogP contribution in [0.1, 0.15) is 27.9 Å². The highest BCUT2D eigenvalue weighted by molar-refractivity contribution is 5.96. The predicted octanol–water partition coefficient (Wildman–Crippen LogP) is 5.56. The summed E-state index contributed by atoms with van der Waals surface area (Å²) in [6.07, 6.45) is 2.03. The van der Waals surface area contributed by atoms with Gasteiger partial charge in [-0.25, -0.2) is 9.64 Å². The fourth-order valence-corrected chi connectivity index (χ4v) is 3.93. The van der Waals surface area contributed by atoms with Gasteiger partial charge in [-0.05, 0) is 47.2 Å². The molecular weight excluding hydrogens is 348 g/mol. The summed E-state index contributed by atoms with van der Waals surface area (Å²) in [6, 6.07) is 21.0. The summed E-state index contributed by atoms with van der Waals surface area (Å²) in [5.74, 6) is -0.916. The third-order valence-corrected chi connectivity index (χ3v) is 5.23. The number of rotatable bonds is 4. The minimum Gasteiger partial charge on any atom is -0.478 e. The molecule has 0 amide bonds. The van der Waals surface area contributed by atoms with Crippen LogP contribution in [0.15, 0.2) is 66.7 Å². The van der Waals surface area contributed by atoms with E-state index in [1.807, 2.05) is 48.5 Å². The van der Waals surface area contributed by atoms with Crippen molar-refractivity contribution in [2.75, 3.05) is 11.4 Å². The number of aromatic carboxylic acids is 1. The Morgan fingerprint density at radius 1 is 1.04 bits per heavy atom. The molecule has 0 aromatic heterocycles. The van der Waals surface area contributed by atoms with Crippen LogP contribution in [-0.4, -0.2) is 17.6 Å². The number of benzene rings is 3. The highest BCUT2D eigenvalue weighted by Gasteiger charge is 2.20. The normalized spacial score (nSPS) is 12.9. The molecule has 0 spiro atoms. The van der Waals surface area contributed by atoms with Gasteiger partial charge in [0.1, 0.15) is 0 Å². The van der Waals surface area contributed by atoms with Crippen LogP contribution < -0.4 is 4.90 Å². The van der Waals surface area contributed by atoms with Crippen LogP contribution in [0.3, 0.4) is 0 Å². The Labute approximate surface area is 164 Å². The first kappa shape index (κ1) is 17.8. The molecule has 3 aromatic rings. The van der Waals surface area contributed by atoms with E-state index in [1.54, 1.807) is 12.1 Å². The van der Waals surface area contributed by atoms with Crippen LogP contribution in [0.25, 0.3) is 16.0 Å². The summed E-state index contributed by atoms with van der Waals surface area (Å²) in [5.41, 5.74) is 6.16. The molecular formula is C24H20N2O2. The minimum atomic E-state index is -0.916. The lowest BCUT2D eigenvalue weighted by atomic mass is 9.94. The van der Waals surface area contributed by atoms with Gasteiger partial charge in [0.2, 0.25) is 0 Å². The Kier molecular flexibility index (Phi) is 4.82. The molecule has 28 heavy (non-hydrogen) atoms. The van der Waals surface area contributed by atoms with E-state index in [0.717, 1.165) is 36.1 Å². The number of anilines is 1. The number of fused-ring (bicyclic) bond motifs is 1. The lowest BCUT2D eigenvalue weighted by Crippen LogP contribution is -2.29. The second-order valence-corrected chi connectivity index (χ2v) is 6.96. The van der Waals surface area contributed by atoms with Crippen LogP contribution in [0, 0.1) is 6.57 Å². The molecule has 0 fully saturated rings. The lowest BCUT2D eigenvalue weighted by Gasteiger charge is -2.32. The van der Waals surface area contributed by atoms with Gasteiger partial charge >= 0.3 is 5.97 Å². The van der Waals surface area contributed by atoms with Crippen molar-refractivity contribution in [2.24, 2.45) is 0 Å². The summed E-state index contributed by atoms with van der Waals surface area (Å²) in [4.78, 5) is 17.6. The zero-order valence-corrected chi connectivity index (χ0v) is 15.4. The van der Waals surface area contributed by atoms with Crippen LogP contribution in [-0.2, 0) is 13.0 Å². The van der Waals surface area contributed by atoms with Crippen molar-refractivity contribution in [3.63, 3.8) is 0 Å². The van der Waals surface area contributed by atoms with Crippen LogP contribution in [0.2, 0.25) is 0 Å². The second-order valence-electron chi connectivity index (χ2n) is 6.96. The SMILES string of the molecule is [C-]#[N+]c1ccc2c(c1)CCCN2Cc1ccccc1-c1ccccc1C(=O)O. The van der Waals surface area contributed by atoms with Gasteiger partial charge < -0.3 is 10.0 Å². The maximum atomic E-state index is 11.7. The number of aryl methyl sites for hydroxylation is 1. The lowest BCUT2D eigenvalue weighted by molar-refractivity contribution is 0.0697. The van der Waals surface area contributed by atoms with Gasteiger partial charge in [-0.2, -0.15) is 0 Å². The van der Waals surface area contributed by atoms with Crippen molar-refractivity contribution in [3.05, 3.63) is 94.8 Å². The summed E-state index contributed by atoms with van der Waals surface area (Å²) < 4.78 is 0. The molecule has 0 atom stereocenters. The van der Waals surface area contributed by atoms with E-state index in [2.05, 4.69) is 15.8 Å². The number of carbonyl (C=O) groups is 1. The molecule has 4 rings (SSSR count).